The summed E-state index contributed by atoms with van der Waals surface area (Å²) in [5, 5.41) is 11.3. The summed E-state index contributed by atoms with van der Waals surface area (Å²) in [7, 11) is 5.97. The lowest BCUT2D eigenvalue weighted by atomic mass is 9.68. The lowest BCUT2D eigenvalue weighted by Crippen LogP contribution is -2.40. The van der Waals surface area contributed by atoms with Crippen molar-refractivity contribution in [3.8, 4) is 23.0 Å². The number of phenolic OH excluding ortho intramolecular Hbond substituents is 1. The summed E-state index contributed by atoms with van der Waals surface area (Å²) < 4.78 is 21.8. The van der Waals surface area contributed by atoms with Gasteiger partial charge in [0.05, 0.1) is 49.4 Å². The van der Waals surface area contributed by atoms with E-state index in [0.29, 0.717) is 38.1 Å². The van der Waals surface area contributed by atoms with Gasteiger partial charge in [-0.15, -0.1) is 0 Å². The highest BCUT2D eigenvalue weighted by Crippen LogP contribution is 2.53. The summed E-state index contributed by atoms with van der Waals surface area (Å²) in [6.45, 7) is -0.169. The molecule has 16 heteroatoms. The average Bonchev–Trinajstić information content (AvgIpc) is 3.35. The molecule has 0 amide bonds. The minimum atomic E-state index is -0.928. The molecule has 3 heterocycles. The number of Topliss-reactive ketones (excluding diaryl/α,β-unsaturated/α-hetero) is 1. The second-order valence-corrected chi connectivity index (χ2v) is 13.8. The van der Waals surface area contributed by atoms with E-state index in [1.54, 1.807) is 37.4 Å². The molecular formula is C34H29Br2N5O9. The van der Waals surface area contributed by atoms with Gasteiger partial charge in [-0.1, -0.05) is 22.0 Å². The minimum Gasteiger partial charge on any atom is -0.504 e. The molecule has 0 unspecified atom stereocenters. The summed E-state index contributed by atoms with van der Waals surface area (Å²) in [6, 6.07) is 5.66. The van der Waals surface area contributed by atoms with E-state index in [1.807, 2.05) is 0 Å². The molecule has 0 radical (unpaired) electrons. The molecular weight excluding hydrogens is 782 g/mol. The van der Waals surface area contributed by atoms with Crippen molar-refractivity contribution in [2.24, 2.45) is 7.05 Å². The number of ether oxygens (including phenoxy) is 3. The average molecular weight is 811 g/mol. The molecule has 258 valence electrons. The van der Waals surface area contributed by atoms with Crippen LogP contribution in [0.25, 0.3) is 11.0 Å². The van der Waals surface area contributed by atoms with Gasteiger partial charge in [-0.05, 0) is 33.6 Å². The van der Waals surface area contributed by atoms with Crippen molar-refractivity contribution in [3.05, 3.63) is 105 Å². The van der Waals surface area contributed by atoms with Gasteiger partial charge >= 0.3 is 11.4 Å². The van der Waals surface area contributed by atoms with Gasteiger partial charge < -0.3 is 23.9 Å². The van der Waals surface area contributed by atoms with Crippen LogP contribution in [0.4, 0.5) is 0 Å². The molecule has 7 rings (SSSR count). The summed E-state index contributed by atoms with van der Waals surface area (Å²) in [5.41, 5.74) is 0.679. The van der Waals surface area contributed by atoms with Crippen molar-refractivity contribution in [1.82, 2.24) is 23.5 Å². The lowest BCUT2D eigenvalue weighted by Gasteiger charge is -2.39. The molecule has 50 heavy (non-hydrogen) atoms. The van der Waals surface area contributed by atoms with Crippen molar-refractivity contribution >= 4 is 54.5 Å². The third-order valence-electron chi connectivity index (χ3n) is 9.50. The number of fused-ring (bicyclic) bond motifs is 4. The fourth-order valence-corrected chi connectivity index (χ4v) is 8.03. The molecule has 0 saturated carbocycles. The number of benzene rings is 2. The van der Waals surface area contributed by atoms with Gasteiger partial charge in [-0.2, -0.15) is 0 Å². The van der Waals surface area contributed by atoms with Gasteiger partial charge in [0.1, 0.15) is 5.69 Å². The van der Waals surface area contributed by atoms with Gasteiger partial charge in [0.2, 0.25) is 0 Å². The number of carbonyl (C=O) groups excluding carboxylic acids is 2. The number of halogens is 2. The van der Waals surface area contributed by atoms with Crippen LogP contribution in [0.15, 0.2) is 76.5 Å². The molecule has 2 aromatic heterocycles. The van der Waals surface area contributed by atoms with Gasteiger partial charge in [0.15, 0.2) is 34.6 Å². The second kappa shape index (κ2) is 12.4. The van der Waals surface area contributed by atoms with Crippen LogP contribution in [0.5, 0.6) is 23.0 Å². The Bertz CT molecular complexity index is 2470. The number of aryl methyl sites for hydroxylation is 2. The summed E-state index contributed by atoms with van der Waals surface area (Å²) >= 11 is 6.65. The molecule has 0 spiro atoms. The van der Waals surface area contributed by atoms with E-state index in [-0.39, 0.29) is 58.8 Å². The molecule has 3 aliphatic rings. The standard InChI is InChI=1S/C34H29Br2N5O9/c1-38-23-14-26(49-3)25(48-2)13-21(23)37-20(32(38)45)6-7-39-33(46)40-8-5-16-22(41(40)34(39)47)11-18-29(24(42)12-19(36)30(18)43)28(16)17-9-15(35)10-27(50-4)31(17)44/h5,9-10,12-14,22,28,44H,6-8,11H2,1-4H3/t22-,28-/m1/s1. The number of ketones is 2. The van der Waals surface area contributed by atoms with E-state index >= 15 is 0 Å². The number of allylic oxidation sites excluding steroid dienone is 6. The molecule has 0 fully saturated rings. The van der Waals surface area contributed by atoms with Crippen molar-refractivity contribution in [2.45, 2.75) is 37.9 Å². The zero-order chi connectivity index (χ0) is 35.8. The Morgan fingerprint density at radius 3 is 2.34 bits per heavy atom. The van der Waals surface area contributed by atoms with Crippen LogP contribution in [0, 0.1) is 0 Å². The zero-order valence-corrected chi connectivity index (χ0v) is 30.3. The molecule has 2 atom stereocenters. The van der Waals surface area contributed by atoms with Gasteiger partial charge in [-0.25, -0.2) is 28.5 Å². The van der Waals surface area contributed by atoms with E-state index < -0.39 is 40.5 Å². The minimum absolute atomic E-state index is 0.0167. The van der Waals surface area contributed by atoms with Crippen LogP contribution in [-0.4, -0.2) is 61.5 Å². The highest BCUT2D eigenvalue weighted by atomic mass is 79.9. The zero-order valence-electron chi connectivity index (χ0n) is 27.2. The van der Waals surface area contributed by atoms with E-state index in [0.717, 1.165) is 4.57 Å². The van der Waals surface area contributed by atoms with Gasteiger partial charge in [-0.3, -0.25) is 14.4 Å². The predicted molar refractivity (Wildman–Crippen MR) is 188 cm³/mol. The molecule has 1 N–H and O–H groups in total. The Labute approximate surface area is 299 Å². The van der Waals surface area contributed by atoms with Crippen LogP contribution in [-0.2, 0) is 36.1 Å². The van der Waals surface area contributed by atoms with E-state index in [9.17, 15) is 29.1 Å². The van der Waals surface area contributed by atoms with Gasteiger partial charge in [0.25, 0.3) is 5.56 Å². The largest absolute Gasteiger partial charge is 0.504 e. The number of methoxy groups -OCH3 is 3. The third-order valence-corrected chi connectivity index (χ3v) is 10.5. The van der Waals surface area contributed by atoms with E-state index in [4.69, 9.17) is 14.2 Å². The monoisotopic (exact) mass is 809 g/mol. The van der Waals surface area contributed by atoms with Crippen molar-refractivity contribution in [2.75, 3.05) is 21.3 Å². The van der Waals surface area contributed by atoms with Crippen molar-refractivity contribution in [3.63, 3.8) is 0 Å². The maximum Gasteiger partial charge on any atom is 0.347 e. The number of aromatic nitrogens is 5. The topological polar surface area (TPSA) is 166 Å². The Hall–Kier alpha value is -4.96. The molecule has 1 aliphatic heterocycles. The Balaban J connectivity index is 1.32. The Morgan fingerprint density at radius 1 is 0.940 bits per heavy atom. The normalized spacial score (nSPS) is 18.4. The van der Waals surface area contributed by atoms with E-state index in [2.05, 4.69) is 36.8 Å². The van der Waals surface area contributed by atoms with Crippen LogP contribution in [0.1, 0.15) is 29.6 Å². The van der Waals surface area contributed by atoms with Crippen molar-refractivity contribution in [1.29, 1.82) is 0 Å². The summed E-state index contributed by atoms with van der Waals surface area (Å²) in [6.07, 6.45) is 2.89. The number of nitrogens with zero attached hydrogens (tertiary/aromatic N) is 5. The predicted octanol–water partition coefficient (Wildman–Crippen LogP) is 3.19. The molecule has 0 bridgehead atoms. The Morgan fingerprint density at radius 2 is 1.64 bits per heavy atom. The number of hydrogen-bond donors (Lipinski definition) is 1. The lowest BCUT2D eigenvalue weighted by molar-refractivity contribution is -0.115. The molecule has 14 nitrogen and oxygen atoms in total. The molecule has 2 aromatic carbocycles. The molecule has 4 aromatic rings. The van der Waals surface area contributed by atoms with E-state index in [1.165, 1.54) is 41.3 Å². The number of rotatable bonds is 7. The van der Waals surface area contributed by atoms with Crippen LogP contribution in [0.3, 0.4) is 0 Å². The highest BCUT2D eigenvalue weighted by Gasteiger charge is 2.46. The fourth-order valence-electron chi connectivity index (χ4n) is 7.13. The first kappa shape index (κ1) is 33.5. The molecule has 2 aliphatic carbocycles. The smallest absolute Gasteiger partial charge is 0.347 e. The second-order valence-electron chi connectivity index (χ2n) is 12.0. The first-order valence-corrected chi connectivity index (χ1v) is 17.0. The third kappa shape index (κ3) is 5.02. The Kier molecular flexibility index (Phi) is 8.33. The number of phenols is 1. The molecule has 0 saturated heterocycles. The first-order valence-electron chi connectivity index (χ1n) is 15.4. The SMILES string of the molecule is COc1cc2nc(CCn3c(=O)n4n(c3=O)[C@@H]3CC5=C(C(=O)C=C(Br)C5=O)[C@@H](c5cc(Br)cc(OC)c5O)C3=CC4)c(=O)n(C)c2cc1OC. The number of aromatic hydroxyl groups is 1. The van der Waals surface area contributed by atoms with Crippen LogP contribution < -0.4 is 31.1 Å². The quantitative estimate of drug-likeness (QED) is 0.217. The van der Waals surface area contributed by atoms with Crippen LogP contribution in [0.2, 0.25) is 0 Å². The fraction of sp³-hybridized carbons (Fsp3) is 0.294. The number of carbonyl (C=O) groups is 2. The maximum absolute atomic E-state index is 14.1. The maximum atomic E-state index is 14.1. The van der Waals surface area contributed by atoms with Crippen LogP contribution >= 0.6 is 31.9 Å². The summed E-state index contributed by atoms with van der Waals surface area (Å²) in [4.78, 5) is 72.9. The number of hydrogen-bond acceptors (Lipinski definition) is 10. The highest BCUT2D eigenvalue weighted by molar-refractivity contribution is 9.12. The van der Waals surface area contributed by atoms with Gasteiger partial charge in [0, 0.05) is 71.7 Å². The van der Waals surface area contributed by atoms with Crippen molar-refractivity contribution < 1.29 is 28.9 Å². The summed E-state index contributed by atoms with van der Waals surface area (Å²) in [5.74, 6) is -0.991. The first-order chi connectivity index (χ1) is 23.9.